The Labute approximate surface area is 221 Å². The molecule has 4 aromatic rings. The maximum absolute atomic E-state index is 13.0. The summed E-state index contributed by atoms with van der Waals surface area (Å²) in [7, 11) is 0. The largest absolute Gasteiger partial charge is 0.504 e. The Morgan fingerprint density at radius 3 is 2.62 bits per heavy atom. The lowest BCUT2D eigenvalue weighted by Gasteiger charge is -2.41. The van der Waals surface area contributed by atoms with Crippen LogP contribution in [0, 0.1) is 18.3 Å². The predicted molar refractivity (Wildman–Crippen MR) is 131 cm³/mol. The van der Waals surface area contributed by atoms with Crippen LogP contribution in [0.5, 0.6) is 5.75 Å². The van der Waals surface area contributed by atoms with Crippen LogP contribution < -0.4 is 4.74 Å². The predicted octanol–water partition coefficient (Wildman–Crippen LogP) is 3.62. The van der Waals surface area contributed by atoms with Gasteiger partial charge < -0.3 is 9.47 Å². The van der Waals surface area contributed by atoms with Crippen LogP contribution in [0.15, 0.2) is 30.7 Å². The second-order valence-corrected chi connectivity index (χ2v) is 9.90. The Bertz CT molecular complexity index is 1540. The second-order valence-electron chi connectivity index (χ2n) is 9.90. The van der Waals surface area contributed by atoms with Crippen molar-refractivity contribution in [2.75, 3.05) is 26.3 Å². The number of nitriles is 1. The molecule has 0 aromatic carbocycles. The number of fused-ring (bicyclic) bond motifs is 1. The van der Waals surface area contributed by atoms with E-state index < -0.39 is 12.4 Å². The van der Waals surface area contributed by atoms with Gasteiger partial charge in [0.05, 0.1) is 37.2 Å². The smallest absolute Gasteiger partial charge is 0.482 e. The van der Waals surface area contributed by atoms with Gasteiger partial charge >= 0.3 is 6.30 Å². The molecule has 204 valence electrons. The molecule has 2 saturated heterocycles. The van der Waals surface area contributed by atoms with Crippen molar-refractivity contribution in [2.24, 2.45) is 0 Å². The van der Waals surface area contributed by atoms with Crippen molar-refractivity contribution in [3.63, 3.8) is 0 Å². The van der Waals surface area contributed by atoms with Gasteiger partial charge in [0.1, 0.15) is 40.4 Å². The zero-order valence-corrected chi connectivity index (χ0v) is 21.3. The zero-order chi connectivity index (χ0) is 27.3. The van der Waals surface area contributed by atoms with Crippen LogP contribution in [0.3, 0.4) is 0 Å². The van der Waals surface area contributed by atoms with Gasteiger partial charge in [-0.1, -0.05) is 5.21 Å². The third kappa shape index (κ3) is 4.61. The molecule has 6 rings (SSSR count). The minimum Gasteiger partial charge on any atom is -0.482 e. The van der Waals surface area contributed by atoms with Crippen molar-refractivity contribution in [3.05, 3.63) is 47.7 Å². The Kier molecular flexibility index (Phi) is 6.27. The average molecular weight is 542 g/mol. The molecule has 11 nitrogen and oxygen atoms in total. The van der Waals surface area contributed by atoms with Gasteiger partial charge in [0.2, 0.25) is 0 Å². The number of nitrogens with zero attached hydrogens (tertiary/aromatic N) is 9. The van der Waals surface area contributed by atoms with E-state index in [1.165, 1.54) is 16.8 Å². The van der Waals surface area contributed by atoms with Gasteiger partial charge in [0, 0.05) is 31.0 Å². The topological polar surface area (TPSA) is 111 Å². The summed E-state index contributed by atoms with van der Waals surface area (Å²) in [6, 6.07) is 5.79. The molecule has 2 aliphatic rings. The maximum Gasteiger partial charge on any atom is 0.504 e. The molecule has 1 unspecified atom stereocenters. The molecule has 0 radical (unpaired) electrons. The number of alkyl halides is 3. The standard InChI is InChI=1S/C25H26F3N9O2/c1-15-23(31-33-37(15)19-3-6-34(7-4-19)20-13-38-14-20)17-9-22(24-18(10-29)11-30-35(24)12-17)39-16(2)21-5-8-36(32-21)25(26,27)28/h5,8-9,11-12,16,19-20H,3-4,6-7,13-14H2,1-2H3. The molecule has 4 aromatic heterocycles. The number of hydrogen-bond acceptors (Lipinski definition) is 8. The molecule has 0 spiro atoms. The summed E-state index contributed by atoms with van der Waals surface area (Å²) in [6.07, 6.45) is 0.452. The highest BCUT2D eigenvalue weighted by molar-refractivity contribution is 5.74. The van der Waals surface area contributed by atoms with Crippen LogP contribution in [0.2, 0.25) is 0 Å². The summed E-state index contributed by atoms with van der Waals surface area (Å²) < 4.78 is 53.9. The molecule has 2 aliphatic heterocycles. The lowest BCUT2D eigenvalue weighted by atomic mass is 10.0. The molecule has 1 atom stereocenters. The normalized spacial score (nSPS) is 18.3. The maximum atomic E-state index is 13.0. The number of likely N-dealkylation sites (tertiary alicyclic amines) is 1. The summed E-state index contributed by atoms with van der Waals surface area (Å²) in [5.41, 5.74) is 2.95. The molecule has 0 aliphatic carbocycles. The van der Waals surface area contributed by atoms with Crippen LogP contribution in [0.1, 0.15) is 48.9 Å². The fourth-order valence-electron chi connectivity index (χ4n) is 5.22. The van der Waals surface area contributed by atoms with E-state index in [2.05, 4.69) is 31.5 Å². The summed E-state index contributed by atoms with van der Waals surface area (Å²) in [4.78, 5) is 2.47. The van der Waals surface area contributed by atoms with Gasteiger partial charge in [0.15, 0.2) is 0 Å². The van der Waals surface area contributed by atoms with E-state index in [-0.39, 0.29) is 27.7 Å². The van der Waals surface area contributed by atoms with E-state index in [1.807, 2.05) is 11.6 Å². The third-order valence-corrected chi connectivity index (χ3v) is 7.47. The van der Waals surface area contributed by atoms with Crippen molar-refractivity contribution < 1.29 is 22.6 Å². The van der Waals surface area contributed by atoms with Gasteiger partial charge in [-0.25, -0.2) is 9.20 Å². The van der Waals surface area contributed by atoms with E-state index in [0.29, 0.717) is 22.8 Å². The third-order valence-electron chi connectivity index (χ3n) is 7.47. The molecule has 0 bridgehead atoms. The van der Waals surface area contributed by atoms with E-state index in [0.717, 1.165) is 51.0 Å². The van der Waals surface area contributed by atoms with Gasteiger partial charge in [0.25, 0.3) is 0 Å². The Morgan fingerprint density at radius 1 is 1.21 bits per heavy atom. The van der Waals surface area contributed by atoms with E-state index in [1.54, 1.807) is 19.2 Å². The fourth-order valence-corrected chi connectivity index (χ4v) is 5.22. The van der Waals surface area contributed by atoms with Gasteiger partial charge in [-0.2, -0.15) is 20.1 Å². The van der Waals surface area contributed by atoms with Crippen molar-refractivity contribution >= 4 is 5.52 Å². The van der Waals surface area contributed by atoms with Crippen LogP contribution in [-0.4, -0.2) is 71.6 Å². The monoisotopic (exact) mass is 541 g/mol. The van der Waals surface area contributed by atoms with Crippen molar-refractivity contribution in [1.82, 2.24) is 39.3 Å². The fraction of sp³-hybridized carbons (Fsp3) is 0.480. The summed E-state index contributed by atoms with van der Waals surface area (Å²) in [5.74, 6) is 0.278. The van der Waals surface area contributed by atoms with Gasteiger partial charge in [-0.05, 0) is 38.8 Å². The first-order chi connectivity index (χ1) is 18.7. The molecule has 6 heterocycles. The highest BCUT2D eigenvalue weighted by Gasteiger charge is 2.33. The molecule has 2 fully saturated rings. The molecule has 14 heteroatoms. The van der Waals surface area contributed by atoms with Crippen molar-refractivity contribution in [2.45, 2.75) is 51.2 Å². The summed E-state index contributed by atoms with van der Waals surface area (Å²) in [6.45, 7) is 7.11. The van der Waals surface area contributed by atoms with E-state index in [4.69, 9.17) is 9.47 Å². The minimum atomic E-state index is -4.63. The number of ether oxygens (including phenoxy) is 2. The lowest BCUT2D eigenvalue weighted by Crippen LogP contribution is -2.52. The Balaban J connectivity index is 1.29. The number of hydrogen-bond donors (Lipinski definition) is 0. The van der Waals surface area contributed by atoms with Crippen LogP contribution in [-0.2, 0) is 11.0 Å². The van der Waals surface area contributed by atoms with Crippen LogP contribution in [0.4, 0.5) is 13.2 Å². The number of pyridine rings is 1. The number of halogens is 3. The van der Waals surface area contributed by atoms with Crippen LogP contribution >= 0.6 is 0 Å². The number of aromatic nitrogens is 7. The van der Waals surface area contributed by atoms with Crippen molar-refractivity contribution in [1.29, 1.82) is 5.26 Å². The highest BCUT2D eigenvalue weighted by Crippen LogP contribution is 2.35. The van der Waals surface area contributed by atoms with Crippen LogP contribution in [0.25, 0.3) is 16.8 Å². The minimum absolute atomic E-state index is 0.0696. The highest BCUT2D eigenvalue weighted by atomic mass is 19.4. The molecule has 0 N–H and O–H groups in total. The van der Waals surface area contributed by atoms with Crippen molar-refractivity contribution in [3.8, 4) is 23.1 Å². The first kappa shape index (κ1) is 25.3. The number of rotatable bonds is 6. The first-order valence-electron chi connectivity index (χ1n) is 12.7. The first-order valence-corrected chi connectivity index (χ1v) is 12.7. The molecule has 0 saturated carbocycles. The summed E-state index contributed by atoms with van der Waals surface area (Å²) in [5, 5.41) is 26.4. The molecular formula is C25H26F3N9O2. The van der Waals surface area contributed by atoms with E-state index in [9.17, 15) is 18.4 Å². The Hall–Kier alpha value is -3.96. The zero-order valence-electron chi connectivity index (χ0n) is 21.3. The molecule has 0 amide bonds. The molecule has 39 heavy (non-hydrogen) atoms. The Morgan fingerprint density at radius 2 is 1.97 bits per heavy atom. The number of piperidine rings is 1. The molecular weight excluding hydrogens is 515 g/mol. The summed E-state index contributed by atoms with van der Waals surface area (Å²) >= 11 is 0. The van der Waals surface area contributed by atoms with Gasteiger partial charge in [-0.15, -0.1) is 18.3 Å². The second kappa shape index (κ2) is 9.65. The quantitative estimate of drug-likeness (QED) is 0.364. The SMILES string of the molecule is Cc1c(-c2cc(OC(C)c3ccn(C(F)(F)F)n3)c3c(C#N)cnn3c2)nnn1C1CCN(C2COC2)CC1. The lowest BCUT2D eigenvalue weighted by molar-refractivity contribution is -0.212. The van der Waals surface area contributed by atoms with Gasteiger partial charge in [-0.3, -0.25) is 4.90 Å². The average Bonchev–Trinajstić information content (AvgIpc) is 3.61. The van der Waals surface area contributed by atoms with E-state index >= 15 is 0 Å².